The van der Waals surface area contributed by atoms with Crippen molar-refractivity contribution in [3.05, 3.63) is 29.1 Å². The second-order valence-electron chi connectivity index (χ2n) is 5.60. The smallest absolute Gasteiger partial charge is 0.161 e. The molecule has 0 aliphatic carbocycles. The van der Waals surface area contributed by atoms with Gasteiger partial charge in [-0.15, -0.1) is 0 Å². The van der Waals surface area contributed by atoms with Crippen LogP contribution in [0.4, 0.5) is 10.1 Å². The van der Waals surface area contributed by atoms with Crippen molar-refractivity contribution in [1.82, 2.24) is 4.90 Å². The van der Waals surface area contributed by atoms with E-state index >= 15 is 0 Å². The van der Waals surface area contributed by atoms with Gasteiger partial charge in [0.15, 0.2) is 5.78 Å². The minimum Gasteiger partial charge on any atom is -0.368 e. The molecule has 1 saturated heterocycles. The lowest BCUT2D eigenvalue weighted by molar-refractivity contribution is 0.101. The Labute approximate surface area is 120 Å². The van der Waals surface area contributed by atoms with Crippen molar-refractivity contribution >= 4 is 11.5 Å². The van der Waals surface area contributed by atoms with E-state index in [-0.39, 0.29) is 11.6 Å². The predicted molar refractivity (Wildman–Crippen MR) is 80.1 cm³/mol. The van der Waals surface area contributed by atoms with Gasteiger partial charge in [0.05, 0.1) is 0 Å². The van der Waals surface area contributed by atoms with E-state index in [2.05, 4.69) is 23.6 Å². The maximum atomic E-state index is 13.7. The lowest BCUT2D eigenvalue weighted by Crippen LogP contribution is -2.52. The molecule has 1 aromatic rings. The monoisotopic (exact) mass is 278 g/mol. The summed E-state index contributed by atoms with van der Waals surface area (Å²) in [6.07, 6.45) is 0. The van der Waals surface area contributed by atoms with Gasteiger partial charge in [0.2, 0.25) is 0 Å². The van der Waals surface area contributed by atoms with Crippen LogP contribution in [0.25, 0.3) is 0 Å². The van der Waals surface area contributed by atoms with E-state index in [1.165, 1.54) is 13.0 Å². The number of carbonyl (C=O) groups is 1. The summed E-state index contributed by atoms with van der Waals surface area (Å²) in [6.45, 7) is 11.4. The minimum absolute atomic E-state index is 0.0792. The summed E-state index contributed by atoms with van der Waals surface area (Å²) in [5.41, 5.74) is 1.96. The van der Waals surface area contributed by atoms with Gasteiger partial charge in [-0.3, -0.25) is 9.69 Å². The van der Waals surface area contributed by atoms with Crippen molar-refractivity contribution < 1.29 is 9.18 Å². The Morgan fingerprint density at radius 3 is 2.65 bits per heavy atom. The molecule has 1 aliphatic heterocycles. The summed E-state index contributed by atoms with van der Waals surface area (Å²) < 4.78 is 13.7. The fraction of sp³-hybridized carbons (Fsp3) is 0.562. The first-order valence-corrected chi connectivity index (χ1v) is 7.24. The van der Waals surface area contributed by atoms with Gasteiger partial charge in [0.1, 0.15) is 5.82 Å². The van der Waals surface area contributed by atoms with Crippen molar-refractivity contribution in [3.8, 4) is 0 Å². The molecular weight excluding hydrogens is 255 g/mol. The van der Waals surface area contributed by atoms with Crippen LogP contribution in [0.1, 0.15) is 36.7 Å². The molecule has 1 aromatic carbocycles. The van der Waals surface area contributed by atoms with Crippen LogP contribution in [0.2, 0.25) is 0 Å². The zero-order valence-electron chi connectivity index (χ0n) is 12.7. The Bertz CT molecular complexity index is 515. The van der Waals surface area contributed by atoms with Crippen LogP contribution in [0.5, 0.6) is 0 Å². The molecular formula is C16H23FN2O. The van der Waals surface area contributed by atoms with Gasteiger partial charge in [0, 0.05) is 36.9 Å². The zero-order valence-corrected chi connectivity index (χ0v) is 12.7. The van der Waals surface area contributed by atoms with Crippen molar-refractivity contribution in [1.29, 1.82) is 0 Å². The number of nitrogens with zero attached hydrogens (tertiary/aromatic N) is 2. The quantitative estimate of drug-likeness (QED) is 0.794. The minimum atomic E-state index is -0.306. The summed E-state index contributed by atoms with van der Waals surface area (Å²) in [4.78, 5) is 16.4. The maximum Gasteiger partial charge on any atom is 0.161 e. The average molecular weight is 278 g/mol. The van der Waals surface area contributed by atoms with Gasteiger partial charge in [-0.1, -0.05) is 6.92 Å². The molecule has 3 nitrogen and oxygen atoms in total. The van der Waals surface area contributed by atoms with Crippen LogP contribution < -0.4 is 4.90 Å². The van der Waals surface area contributed by atoms with E-state index in [0.29, 0.717) is 17.2 Å². The number of piperazine rings is 1. The van der Waals surface area contributed by atoms with Gasteiger partial charge < -0.3 is 4.90 Å². The Morgan fingerprint density at radius 1 is 1.40 bits per heavy atom. The van der Waals surface area contributed by atoms with Crippen molar-refractivity contribution in [2.24, 2.45) is 0 Å². The van der Waals surface area contributed by atoms with Crippen LogP contribution in [0.3, 0.4) is 0 Å². The second kappa shape index (κ2) is 5.92. The molecule has 1 atom stereocenters. The first-order chi connectivity index (χ1) is 9.43. The third-order valence-corrected chi connectivity index (χ3v) is 4.17. The highest BCUT2D eigenvalue weighted by atomic mass is 19.1. The van der Waals surface area contributed by atoms with E-state index in [1.807, 2.05) is 0 Å². The van der Waals surface area contributed by atoms with Gasteiger partial charge in [0.25, 0.3) is 0 Å². The first-order valence-electron chi connectivity index (χ1n) is 7.24. The number of likely N-dealkylation sites (N-methyl/N-ethyl adjacent to an activating group) is 1. The van der Waals surface area contributed by atoms with E-state index < -0.39 is 0 Å². The average Bonchev–Trinajstić information content (AvgIpc) is 2.41. The predicted octanol–water partition coefficient (Wildman–Crippen LogP) is 2.87. The molecule has 4 heteroatoms. The maximum absolute atomic E-state index is 13.7. The summed E-state index contributed by atoms with van der Waals surface area (Å²) >= 11 is 0. The normalized spacial score (nSPS) is 20.2. The number of hydrogen-bond acceptors (Lipinski definition) is 3. The van der Waals surface area contributed by atoms with Gasteiger partial charge in [-0.25, -0.2) is 4.39 Å². The number of hydrogen-bond donors (Lipinski definition) is 0. The molecule has 0 aromatic heterocycles. The fourth-order valence-corrected chi connectivity index (χ4v) is 2.89. The Hall–Kier alpha value is -1.42. The SMILES string of the molecule is CCN1CCN(c2cc(C)c(F)cc2C(C)=O)CC1C. The van der Waals surface area contributed by atoms with Crippen LogP contribution in [0, 0.1) is 12.7 Å². The van der Waals surface area contributed by atoms with E-state index in [4.69, 9.17) is 0 Å². The third kappa shape index (κ3) is 2.85. The number of benzene rings is 1. The van der Waals surface area contributed by atoms with Gasteiger partial charge in [-0.2, -0.15) is 0 Å². The third-order valence-electron chi connectivity index (χ3n) is 4.17. The highest BCUT2D eigenvalue weighted by molar-refractivity contribution is 6.00. The topological polar surface area (TPSA) is 23.6 Å². The van der Waals surface area contributed by atoms with E-state index in [0.717, 1.165) is 31.9 Å². The number of aryl methyl sites for hydroxylation is 1. The molecule has 0 radical (unpaired) electrons. The molecule has 1 unspecified atom stereocenters. The molecule has 20 heavy (non-hydrogen) atoms. The molecule has 1 heterocycles. The lowest BCUT2D eigenvalue weighted by atomic mass is 10.0. The van der Waals surface area contributed by atoms with E-state index in [9.17, 15) is 9.18 Å². The standard InChI is InChI=1S/C16H23FN2O/c1-5-18-6-7-19(10-12(18)3)16-8-11(2)15(17)9-14(16)13(4)20/h8-9,12H,5-7,10H2,1-4H3. The highest BCUT2D eigenvalue weighted by Crippen LogP contribution is 2.27. The Morgan fingerprint density at radius 2 is 2.10 bits per heavy atom. The van der Waals surface area contributed by atoms with Crippen LogP contribution >= 0.6 is 0 Å². The molecule has 0 amide bonds. The Balaban J connectivity index is 2.33. The number of halogens is 1. The molecule has 1 fully saturated rings. The largest absolute Gasteiger partial charge is 0.368 e. The van der Waals surface area contributed by atoms with Crippen LogP contribution in [-0.2, 0) is 0 Å². The number of carbonyl (C=O) groups excluding carboxylic acids is 1. The molecule has 0 spiro atoms. The fourth-order valence-electron chi connectivity index (χ4n) is 2.89. The molecule has 0 saturated carbocycles. The number of rotatable bonds is 3. The molecule has 1 aliphatic rings. The van der Waals surface area contributed by atoms with Gasteiger partial charge in [-0.05, 0) is 45.0 Å². The molecule has 0 N–H and O–H groups in total. The van der Waals surface area contributed by atoms with Crippen molar-refractivity contribution in [2.75, 3.05) is 31.1 Å². The molecule has 110 valence electrons. The lowest BCUT2D eigenvalue weighted by Gasteiger charge is -2.41. The summed E-state index contributed by atoms with van der Waals surface area (Å²) in [5, 5.41) is 0. The highest BCUT2D eigenvalue weighted by Gasteiger charge is 2.25. The molecule has 2 rings (SSSR count). The first kappa shape index (κ1) is 15.0. The molecule has 0 bridgehead atoms. The van der Waals surface area contributed by atoms with Gasteiger partial charge >= 0.3 is 0 Å². The number of ketones is 1. The van der Waals surface area contributed by atoms with Crippen LogP contribution in [-0.4, -0.2) is 42.9 Å². The number of Topliss-reactive ketones (excluding diaryl/α,β-unsaturated/α-hetero) is 1. The van der Waals surface area contributed by atoms with Crippen LogP contribution in [0.15, 0.2) is 12.1 Å². The van der Waals surface area contributed by atoms with Crippen molar-refractivity contribution in [3.63, 3.8) is 0 Å². The second-order valence-corrected chi connectivity index (χ2v) is 5.60. The summed E-state index contributed by atoms with van der Waals surface area (Å²) in [5.74, 6) is -0.385. The zero-order chi connectivity index (χ0) is 14.9. The van der Waals surface area contributed by atoms with Crippen molar-refractivity contribution in [2.45, 2.75) is 33.7 Å². The Kier molecular flexibility index (Phi) is 4.43. The summed E-state index contributed by atoms with van der Waals surface area (Å²) in [7, 11) is 0. The number of anilines is 1. The summed E-state index contributed by atoms with van der Waals surface area (Å²) in [6, 6.07) is 3.63. The van der Waals surface area contributed by atoms with E-state index in [1.54, 1.807) is 13.0 Å².